The van der Waals surface area contributed by atoms with Crippen molar-refractivity contribution in [1.29, 1.82) is 0 Å². The summed E-state index contributed by atoms with van der Waals surface area (Å²) < 4.78 is 5.24. The number of ether oxygens (including phenoxy) is 1. The molecule has 0 aromatic heterocycles. The standard InChI is InChI=1S/C21H19NO4/c1-15(13-19(23)26-14-16-7-3-2-4-8-16)11-12-22-20(24)17-9-5-6-10-18(17)21(22)25/h2-12,15H,13-14H2,1H3/b12-11-. The monoisotopic (exact) mass is 349 g/mol. The van der Waals surface area contributed by atoms with E-state index in [1.807, 2.05) is 37.3 Å². The minimum Gasteiger partial charge on any atom is -0.461 e. The first-order valence-electron chi connectivity index (χ1n) is 8.41. The third kappa shape index (κ3) is 3.88. The molecular weight excluding hydrogens is 330 g/mol. The maximum absolute atomic E-state index is 12.3. The fraction of sp³-hybridized carbons (Fsp3) is 0.190. The SMILES string of the molecule is CC(/C=C\N1C(=O)c2ccccc2C1=O)CC(=O)OCc1ccccc1. The second-order valence-corrected chi connectivity index (χ2v) is 6.20. The largest absolute Gasteiger partial charge is 0.461 e. The van der Waals surface area contributed by atoms with Crippen LogP contribution < -0.4 is 0 Å². The highest BCUT2D eigenvalue weighted by Gasteiger charge is 2.33. The third-order valence-electron chi connectivity index (χ3n) is 4.12. The Morgan fingerprint density at radius 3 is 2.19 bits per heavy atom. The Bertz CT molecular complexity index is 822. The van der Waals surface area contributed by atoms with E-state index in [1.165, 1.54) is 6.20 Å². The van der Waals surface area contributed by atoms with Crippen molar-refractivity contribution in [3.05, 3.63) is 83.6 Å². The average molecular weight is 349 g/mol. The van der Waals surface area contributed by atoms with Gasteiger partial charge < -0.3 is 4.74 Å². The van der Waals surface area contributed by atoms with Gasteiger partial charge in [-0.15, -0.1) is 0 Å². The molecule has 2 aromatic rings. The highest BCUT2D eigenvalue weighted by atomic mass is 16.5. The maximum atomic E-state index is 12.3. The van der Waals surface area contributed by atoms with Gasteiger partial charge in [-0.25, -0.2) is 4.90 Å². The molecule has 1 aliphatic rings. The van der Waals surface area contributed by atoms with Crippen molar-refractivity contribution in [2.45, 2.75) is 20.0 Å². The maximum Gasteiger partial charge on any atom is 0.306 e. The lowest BCUT2D eigenvalue weighted by Crippen LogP contribution is -2.23. The highest BCUT2D eigenvalue weighted by molar-refractivity contribution is 6.22. The summed E-state index contributed by atoms with van der Waals surface area (Å²) in [4.78, 5) is 37.5. The van der Waals surface area contributed by atoms with Crippen LogP contribution >= 0.6 is 0 Å². The number of fused-ring (bicyclic) bond motifs is 1. The number of esters is 1. The summed E-state index contributed by atoms with van der Waals surface area (Å²) >= 11 is 0. The Kier molecular flexibility index (Phi) is 5.27. The van der Waals surface area contributed by atoms with E-state index in [0.717, 1.165) is 10.5 Å². The van der Waals surface area contributed by atoms with Crippen LogP contribution in [0.25, 0.3) is 0 Å². The normalized spacial score (nSPS) is 14.6. The zero-order chi connectivity index (χ0) is 18.5. The van der Waals surface area contributed by atoms with Crippen LogP contribution in [0.3, 0.4) is 0 Å². The van der Waals surface area contributed by atoms with Crippen molar-refractivity contribution in [2.24, 2.45) is 5.92 Å². The van der Waals surface area contributed by atoms with Crippen LogP contribution in [-0.4, -0.2) is 22.7 Å². The topological polar surface area (TPSA) is 63.7 Å². The van der Waals surface area contributed by atoms with Gasteiger partial charge in [0, 0.05) is 6.20 Å². The van der Waals surface area contributed by atoms with Crippen molar-refractivity contribution in [3.8, 4) is 0 Å². The Hall–Kier alpha value is -3.21. The molecule has 1 heterocycles. The summed E-state index contributed by atoms with van der Waals surface area (Å²) in [6.07, 6.45) is 3.29. The molecular formula is C21H19NO4. The molecule has 0 saturated carbocycles. The predicted octanol–water partition coefficient (Wildman–Crippen LogP) is 3.57. The van der Waals surface area contributed by atoms with Crippen LogP contribution in [0.5, 0.6) is 0 Å². The molecule has 0 radical (unpaired) electrons. The Morgan fingerprint density at radius 1 is 1.00 bits per heavy atom. The minimum absolute atomic E-state index is 0.164. The lowest BCUT2D eigenvalue weighted by atomic mass is 10.1. The first-order chi connectivity index (χ1) is 12.6. The van der Waals surface area contributed by atoms with Crippen molar-refractivity contribution in [3.63, 3.8) is 0 Å². The molecule has 0 bridgehead atoms. The van der Waals surface area contributed by atoms with Crippen LogP contribution in [0.1, 0.15) is 39.6 Å². The van der Waals surface area contributed by atoms with Gasteiger partial charge in [-0.2, -0.15) is 0 Å². The molecule has 132 valence electrons. The third-order valence-corrected chi connectivity index (χ3v) is 4.12. The molecule has 2 aromatic carbocycles. The molecule has 5 nitrogen and oxygen atoms in total. The van der Waals surface area contributed by atoms with Gasteiger partial charge in [-0.1, -0.05) is 55.5 Å². The Morgan fingerprint density at radius 2 is 1.58 bits per heavy atom. The summed E-state index contributed by atoms with van der Waals surface area (Å²) in [6.45, 7) is 2.06. The molecule has 2 amide bonds. The second-order valence-electron chi connectivity index (χ2n) is 6.20. The molecule has 1 unspecified atom stereocenters. The summed E-state index contributed by atoms with van der Waals surface area (Å²) in [5.74, 6) is -1.18. The Labute approximate surface area is 151 Å². The van der Waals surface area contributed by atoms with Gasteiger partial charge >= 0.3 is 5.97 Å². The predicted molar refractivity (Wildman–Crippen MR) is 96.1 cm³/mol. The number of rotatable bonds is 6. The molecule has 1 aliphatic heterocycles. The molecule has 5 heteroatoms. The van der Waals surface area contributed by atoms with Gasteiger partial charge in [-0.3, -0.25) is 14.4 Å². The minimum atomic E-state index is -0.347. The smallest absolute Gasteiger partial charge is 0.306 e. The van der Waals surface area contributed by atoms with E-state index in [4.69, 9.17) is 4.74 Å². The zero-order valence-electron chi connectivity index (χ0n) is 14.4. The van der Waals surface area contributed by atoms with Gasteiger partial charge in [-0.05, 0) is 23.6 Å². The molecule has 0 N–H and O–H groups in total. The fourth-order valence-corrected chi connectivity index (χ4v) is 2.70. The number of hydrogen-bond acceptors (Lipinski definition) is 4. The first-order valence-corrected chi connectivity index (χ1v) is 8.41. The van der Waals surface area contributed by atoms with E-state index >= 15 is 0 Å². The number of carbonyl (C=O) groups excluding carboxylic acids is 3. The van der Waals surface area contributed by atoms with Crippen molar-refractivity contribution in [2.75, 3.05) is 0 Å². The first kappa shape index (κ1) is 17.6. The molecule has 1 atom stereocenters. The van der Waals surface area contributed by atoms with Gasteiger partial charge in [0.15, 0.2) is 0 Å². The number of hydrogen-bond donors (Lipinski definition) is 0. The Balaban J connectivity index is 1.53. The quantitative estimate of drug-likeness (QED) is 0.591. The number of carbonyl (C=O) groups is 3. The van der Waals surface area contributed by atoms with E-state index < -0.39 is 0 Å². The van der Waals surface area contributed by atoms with Crippen LogP contribution in [-0.2, 0) is 16.1 Å². The van der Waals surface area contributed by atoms with Gasteiger partial charge in [0.2, 0.25) is 0 Å². The van der Waals surface area contributed by atoms with Gasteiger partial charge in [0.1, 0.15) is 6.61 Å². The average Bonchev–Trinajstić information content (AvgIpc) is 2.90. The second kappa shape index (κ2) is 7.78. The molecule has 0 spiro atoms. The highest BCUT2D eigenvalue weighted by Crippen LogP contribution is 2.23. The summed E-state index contributed by atoms with van der Waals surface area (Å²) in [6, 6.07) is 16.2. The van der Waals surface area contributed by atoms with Crippen LogP contribution in [0, 0.1) is 5.92 Å². The van der Waals surface area contributed by atoms with Crippen LogP contribution in [0.2, 0.25) is 0 Å². The lowest BCUT2D eigenvalue weighted by molar-refractivity contribution is -0.145. The van der Waals surface area contributed by atoms with Gasteiger partial charge in [0.05, 0.1) is 17.5 Å². The number of amides is 2. The van der Waals surface area contributed by atoms with E-state index in [2.05, 4.69) is 0 Å². The number of nitrogens with zero attached hydrogens (tertiary/aromatic N) is 1. The van der Waals surface area contributed by atoms with E-state index in [1.54, 1.807) is 30.3 Å². The summed E-state index contributed by atoms with van der Waals surface area (Å²) in [7, 11) is 0. The molecule has 0 aliphatic carbocycles. The summed E-state index contributed by atoms with van der Waals surface area (Å²) in [5.41, 5.74) is 1.73. The number of benzene rings is 2. The van der Waals surface area contributed by atoms with Gasteiger partial charge in [0.25, 0.3) is 11.8 Å². The van der Waals surface area contributed by atoms with Crippen molar-refractivity contribution >= 4 is 17.8 Å². The van der Waals surface area contributed by atoms with E-state index in [9.17, 15) is 14.4 Å². The zero-order valence-corrected chi connectivity index (χ0v) is 14.4. The number of allylic oxidation sites excluding steroid dienone is 1. The van der Waals surface area contributed by atoms with Crippen LogP contribution in [0.15, 0.2) is 66.9 Å². The van der Waals surface area contributed by atoms with E-state index in [0.29, 0.717) is 11.1 Å². The van der Waals surface area contributed by atoms with Crippen molar-refractivity contribution in [1.82, 2.24) is 4.90 Å². The van der Waals surface area contributed by atoms with Crippen LogP contribution in [0.4, 0.5) is 0 Å². The molecule has 3 rings (SSSR count). The number of imide groups is 1. The summed E-state index contributed by atoms with van der Waals surface area (Å²) in [5, 5.41) is 0. The lowest BCUT2D eigenvalue weighted by Gasteiger charge is -2.10. The fourth-order valence-electron chi connectivity index (χ4n) is 2.70. The molecule has 0 fully saturated rings. The molecule has 0 saturated heterocycles. The van der Waals surface area contributed by atoms with Crippen molar-refractivity contribution < 1.29 is 19.1 Å². The molecule has 26 heavy (non-hydrogen) atoms. The van der Waals surface area contributed by atoms with E-state index in [-0.39, 0.29) is 36.7 Å².